The number of piperidine rings is 2. The quantitative estimate of drug-likeness (QED) is 0.849. The third-order valence-electron chi connectivity index (χ3n) is 5.65. The van der Waals surface area contributed by atoms with E-state index in [1.54, 1.807) is 0 Å². The lowest BCUT2D eigenvalue weighted by molar-refractivity contribution is -0.137. The first-order valence-electron chi connectivity index (χ1n) is 9.35. The van der Waals surface area contributed by atoms with Crippen LogP contribution in [0.15, 0.2) is 30.3 Å². The molecule has 3 rings (SSSR count). The zero-order chi connectivity index (χ0) is 16.9. The molecular weight excluding hydrogens is 298 g/mol. The van der Waals surface area contributed by atoms with Crippen molar-refractivity contribution in [1.29, 1.82) is 0 Å². The molecule has 1 atom stereocenters. The molecule has 4 heteroatoms. The summed E-state index contributed by atoms with van der Waals surface area (Å²) in [7, 11) is 4.15. The summed E-state index contributed by atoms with van der Waals surface area (Å²) in [5.41, 5.74) is 1.20. The minimum absolute atomic E-state index is 0.173. The Morgan fingerprint density at radius 1 is 1.12 bits per heavy atom. The highest BCUT2D eigenvalue weighted by molar-refractivity contribution is 5.79. The number of hydrogen-bond acceptors (Lipinski definition) is 3. The molecule has 0 spiro atoms. The maximum atomic E-state index is 12.9. The minimum atomic E-state index is 0.173. The van der Waals surface area contributed by atoms with Crippen LogP contribution < -0.4 is 0 Å². The van der Waals surface area contributed by atoms with Gasteiger partial charge in [0.25, 0.3) is 0 Å². The van der Waals surface area contributed by atoms with Gasteiger partial charge in [-0.15, -0.1) is 0 Å². The molecule has 0 aliphatic carbocycles. The summed E-state index contributed by atoms with van der Waals surface area (Å²) in [6.45, 7) is 5.21. The number of benzene rings is 1. The van der Waals surface area contributed by atoms with Gasteiger partial charge in [-0.1, -0.05) is 30.3 Å². The molecule has 1 aromatic carbocycles. The third-order valence-corrected chi connectivity index (χ3v) is 5.65. The first-order valence-corrected chi connectivity index (χ1v) is 9.35. The van der Waals surface area contributed by atoms with Crippen LogP contribution in [-0.2, 0) is 11.3 Å². The SMILES string of the molecule is CN1CCC(N2CCCC(C(=O)N(C)Cc3ccccc3)C2)CC1. The Labute approximate surface area is 146 Å². The fraction of sp³-hybridized carbons (Fsp3) is 0.650. The van der Waals surface area contributed by atoms with Crippen LogP contribution in [0.1, 0.15) is 31.2 Å². The van der Waals surface area contributed by atoms with E-state index in [1.165, 1.54) is 38.0 Å². The second kappa shape index (κ2) is 8.13. The minimum Gasteiger partial charge on any atom is -0.341 e. The van der Waals surface area contributed by atoms with Crippen molar-refractivity contribution in [2.75, 3.05) is 40.3 Å². The molecule has 2 fully saturated rings. The van der Waals surface area contributed by atoms with Gasteiger partial charge in [0.05, 0.1) is 5.92 Å². The van der Waals surface area contributed by atoms with Crippen LogP contribution in [0, 0.1) is 5.92 Å². The van der Waals surface area contributed by atoms with Crippen LogP contribution in [0.4, 0.5) is 0 Å². The van der Waals surface area contributed by atoms with Gasteiger partial charge in [0.1, 0.15) is 0 Å². The molecule has 2 heterocycles. The summed E-state index contributed by atoms with van der Waals surface area (Å²) in [6, 6.07) is 11.0. The zero-order valence-corrected chi connectivity index (χ0v) is 15.2. The second-order valence-electron chi connectivity index (χ2n) is 7.55. The Bertz CT molecular complexity index is 525. The number of nitrogens with zero attached hydrogens (tertiary/aromatic N) is 3. The van der Waals surface area contributed by atoms with Gasteiger partial charge in [-0.2, -0.15) is 0 Å². The van der Waals surface area contributed by atoms with E-state index in [2.05, 4.69) is 29.0 Å². The average Bonchev–Trinajstić information content (AvgIpc) is 2.62. The van der Waals surface area contributed by atoms with Crippen molar-refractivity contribution in [1.82, 2.24) is 14.7 Å². The molecule has 2 aliphatic heterocycles. The molecule has 0 radical (unpaired) electrons. The summed E-state index contributed by atoms with van der Waals surface area (Å²) in [5, 5.41) is 0. The van der Waals surface area contributed by atoms with Gasteiger partial charge >= 0.3 is 0 Å². The smallest absolute Gasteiger partial charge is 0.227 e. The summed E-state index contributed by atoms with van der Waals surface area (Å²) < 4.78 is 0. The standard InChI is InChI=1S/C20H31N3O/c1-21-13-10-19(11-14-21)23-12-6-9-18(16-23)20(24)22(2)15-17-7-4-3-5-8-17/h3-5,7-8,18-19H,6,9-16H2,1-2H3. The molecule has 0 saturated carbocycles. The fourth-order valence-corrected chi connectivity index (χ4v) is 4.15. The fourth-order valence-electron chi connectivity index (χ4n) is 4.15. The van der Waals surface area contributed by atoms with Crippen molar-refractivity contribution in [3.63, 3.8) is 0 Å². The van der Waals surface area contributed by atoms with Gasteiger partial charge in [-0.05, 0) is 57.9 Å². The maximum Gasteiger partial charge on any atom is 0.227 e. The summed E-state index contributed by atoms with van der Waals surface area (Å²) in [6.07, 6.45) is 4.69. The van der Waals surface area contributed by atoms with E-state index in [0.29, 0.717) is 18.5 Å². The van der Waals surface area contributed by atoms with Crippen molar-refractivity contribution in [3.8, 4) is 0 Å². The van der Waals surface area contributed by atoms with Crippen LogP contribution in [-0.4, -0.2) is 66.9 Å². The summed E-state index contributed by atoms with van der Waals surface area (Å²) >= 11 is 0. The first-order chi connectivity index (χ1) is 11.6. The molecule has 0 bridgehead atoms. The molecule has 132 valence electrons. The molecular formula is C20H31N3O. The molecule has 4 nitrogen and oxygen atoms in total. The molecule has 2 aliphatic rings. The number of rotatable bonds is 4. The van der Waals surface area contributed by atoms with Crippen molar-refractivity contribution < 1.29 is 4.79 Å². The predicted octanol–water partition coefficient (Wildman–Crippen LogP) is 2.45. The Morgan fingerprint density at radius 3 is 2.54 bits per heavy atom. The Hall–Kier alpha value is -1.39. The van der Waals surface area contributed by atoms with Gasteiger partial charge in [-0.3, -0.25) is 9.69 Å². The number of amides is 1. The lowest BCUT2D eigenvalue weighted by atomic mass is 9.93. The Morgan fingerprint density at radius 2 is 1.83 bits per heavy atom. The van der Waals surface area contributed by atoms with E-state index in [4.69, 9.17) is 0 Å². The molecule has 0 N–H and O–H groups in total. The highest BCUT2D eigenvalue weighted by atomic mass is 16.2. The number of carbonyl (C=O) groups is 1. The van der Waals surface area contributed by atoms with Crippen LogP contribution >= 0.6 is 0 Å². The van der Waals surface area contributed by atoms with E-state index < -0.39 is 0 Å². The second-order valence-corrected chi connectivity index (χ2v) is 7.55. The van der Waals surface area contributed by atoms with Gasteiger partial charge in [0, 0.05) is 26.2 Å². The lowest BCUT2D eigenvalue weighted by Crippen LogP contribution is -2.50. The third kappa shape index (κ3) is 4.37. The lowest BCUT2D eigenvalue weighted by Gasteiger charge is -2.41. The van der Waals surface area contributed by atoms with Crippen molar-refractivity contribution in [3.05, 3.63) is 35.9 Å². The summed E-state index contributed by atoms with van der Waals surface area (Å²) in [4.78, 5) is 19.8. The molecule has 0 aromatic heterocycles. The van der Waals surface area contributed by atoms with E-state index in [0.717, 1.165) is 19.4 Å². The zero-order valence-electron chi connectivity index (χ0n) is 15.2. The van der Waals surface area contributed by atoms with Crippen molar-refractivity contribution >= 4 is 5.91 Å². The monoisotopic (exact) mass is 329 g/mol. The Kier molecular flexibility index (Phi) is 5.90. The van der Waals surface area contributed by atoms with Gasteiger partial charge in [0.2, 0.25) is 5.91 Å². The van der Waals surface area contributed by atoms with Crippen LogP contribution in [0.2, 0.25) is 0 Å². The Balaban J connectivity index is 1.54. The van der Waals surface area contributed by atoms with Gasteiger partial charge in [-0.25, -0.2) is 0 Å². The predicted molar refractivity (Wildman–Crippen MR) is 97.7 cm³/mol. The van der Waals surface area contributed by atoms with Crippen LogP contribution in [0.25, 0.3) is 0 Å². The molecule has 1 aromatic rings. The van der Waals surface area contributed by atoms with Crippen molar-refractivity contribution in [2.45, 2.75) is 38.3 Å². The average molecular weight is 329 g/mol. The number of hydrogen-bond donors (Lipinski definition) is 0. The highest BCUT2D eigenvalue weighted by Crippen LogP contribution is 2.25. The van der Waals surface area contributed by atoms with E-state index in [1.807, 2.05) is 30.1 Å². The van der Waals surface area contributed by atoms with Crippen LogP contribution in [0.5, 0.6) is 0 Å². The first kappa shape index (κ1) is 17.4. The van der Waals surface area contributed by atoms with Gasteiger partial charge < -0.3 is 9.80 Å². The highest BCUT2D eigenvalue weighted by Gasteiger charge is 2.32. The van der Waals surface area contributed by atoms with Crippen molar-refractivity contribution in [2.24, 2.45) is 5.92 Å². The molecule has 2 saturated heterocycles. The van der Waals surface area contributed by atoms with Gasteiger partial charge in [0.15, 0.2) is 0 Å². The number of likely N-dealkylation sites (tertiary alicyclic amines) is 2. The van der Waals surface area contributed by atoms with Crippen LogP contribution in [0.3, 0.4) is 0 Å². The largest absolute Gasteiger partial charge is 0.341 e. The maximum absolute atomic E-state index is 12.9. The molecule has 24 heavy (non-hydrogen) atoms. The van der Waals surface area contributed by atoms with E-state index >= 15 is 0 Å². The summed E-state index contributed by atoms with van der Waals surface area (Å²) in [5.74, 6) is 0.489. The van der Waals surface area contributed by atoms with E-state index in [-0.39, 0.29) is 5.92 Å². The molecule has 1 amide bonds. The number of carbonyl (C=O) groups excluding carboxylic acids is 1. The molecule has 1 unspecified atom stereocenters. The van der Waals surface area contributed by atoms with E-state index in [9.17, 15) is 4.79 Å². The normalized spacial score (nSPS) is 24.0. The topological polar surface area (TPSA) is 26.8 Å².